The average Bonchev–Trinajstić information content (AvgIpc) is 2.92. The third-order valence-electron chi connectivity index (χ3n) is 4.83. The molecular weight excluding hydrogens is 252 g/mol. The fraction of sp³-hybridized carbons (Fsp3) is 0.938. The van der Waals surface area contributed by atoms with Crippen LogP contribution in [0.25, 0.3) is 0 Å². The minimum atomic E-state index is 0.146. The Labute approximate surface area is 122 Å². The van der Waals surface area contributed by atoms with Gasteiger partial charge >= 0.3 is 0 Å². The fourth-order valence-corrected chi connectivity index (χ4v) is 3.56. The van der Waals surface area contributed by atoms with Gasteiger partial charge < -0.3 is 10.4 Å². The first-order valence-corrected chi connectivity index (χ1v) is 8.38. The van der Waals surface area contributed by atoms with Crippen molar-refractivity contribution in [1.29, 1.82) is 0 Å². The molecule has 2 aliphatic rings. The maximum absolute atomic E-state index is 11.8. The van der Waals surface area contributed by atoms with Crippen LogP contribution >= 0.6 is 0 Å². The van der Waals surface area contributed by atoms with E-state index in [0.29, 0.717) is 12.5 Å². The Hall–Kier alpha value is -0.610. The van der Waals surface area contributed by atoms with Gasteiger partial charge in [-0.25, -0.2) is 0 Å². The highest BCUT2D eigenvalue weighted by atomic mass is 16.3. The summed E-state index contributed by atoms with van der Waals surface area (Å²) in [5.41, 5.74) is 0. The second-order valence-electron chi connectivity index (χ2n) is 6.57. The number of hydrogen-bond donors (Lipinski definition) is 2. The predicted molar refractivity (Wildman–Crippen MR) is 80.5 cm³/mol. The maximum atomic E-state index is 11.8. The van der Waals surface area contributed by atoms with Gasteiger partial charge in [0.1, 0.15) is 0 Å². The van der Waals surface area contributed by atoms with Crippen LogP contribution in [0.3, 0.4) is 0 Å². The molecule has 1 saturated heterocycles. The lowest BCUT2D eigenvalue weighted by molar-refractivity contribution is -0.122. The Morgan fingerprint density at radius 1 is 1.15 bits per heavy atom. The average molecular weight is 282 g/mol. The molecule has 0 aromatic carbocycles. The van der Waals surface area contributed by atoms with Crippen LogP contribution in [-0.2, 0) is 4.79 Å². The lowest BCUT2D eigenvalue weighted by Gasteiger charge is -2.21. The van der Waals surface area contributed by atoms with Crippen molar-refractivity contribution < 1.29 is 9.90 Å². The Kier molecular flexibility index (Phi) is 6.80. The van der Waals surface area contributed by atoms with Gasteiger partial charge in [-0.15, -0.1) is 0 Å². The molecule has 0 aromatic rings. The lowest BCUT2D eigenvalue weighted by Crippen LogP contribution is -2.36. The molecule has 0 aromatic heterocycles. The smallest absolute Gasteiger partial charge is 0.234 e. The van der Waals surface area contributed by atoms with Gasteiger partial charge in [0.15, 0.2) is 0 Å². The number of amides is 1. The molecule has 1 atom stereocenters. The Balaban J connectivity index is 1.50. The summed E-state index contributed by atoms with van der Waals surface area (Å²) in [7, 11) is 0. The summed E-state index contributed by atoms with van der Waals surface area (Å²) in [6.45, 7) is 3.39. The number of aliphatic hydroxyl groups is 1. The molecule has 2 fully saturated rings. The van der Waals surface area contributed by atoms with Crippen molar-refractivity contribution in [1.82, 2.24) is 10.2 Å². The van der Waals surface area contributed by atoms with E-state index in [2.05, 4.69) is 10.2 Å². The zero-order chi connectivity index (χ0) is 14.2. The summed E-state index contributed by atoms with van der Waals surface area (Å²) < 4.78 is 0. The summed E-state index contributed by atoms with van der Waals surface area (Å²) in [4.78, 5) is 14.0. The molecule has 0 radical (unpaired) electrons. The van der Waals surface area contributed by atoms with E-state index >= 15 is 0 Å². The zero-order valence-electron chi connectivity index (χ0n) is 12.6. The standard InChI is InChI=1S/C16H30N2O2/c19-13-15-8-10-18(11-15)12-16(20)17-9-4-7-14-5-2-1-3-6-14/h14-15,19H,1-13H2,(H,17,20). The fourth-order valence-electron chi connectivity index (χ4n) is 3.56. The molecular formula is C16H30N2O2. The van der Waals surface area contributed by atoms with Crippen molar-refractivity contribution in [2.24, 2.45) is 11.8 Å². The van der Waals surface area contributed by atoms with Crippen molar-refractivity contribution in [2.45, 2.75) is 51.4 Å². The van der Waals surface area contributed by atoms with Gasteiger partial charge in [0.2, 0.25) is 5.91 Å². The molecule has 4 nitrogen and oxygen atoms in total. The first kappa shape index (κ1) is 15.8. The van der Waals surface area contributed by atoms with E-state index in [1.165, 1.54) is 38.5 Å². The highest BCUT2D eigenvalue weighted by Gasteiger charge is 2.23. The second-order valence-corrected chi connectivity index (χ2v) is 6.57. The van der Waals surface area contributed by atoms with Crippen LogP contribution in [0, 0.1) is 11.8 Å². The number of aliphatic hydroxyl groups excluding tert-OH is 1. The van der Waals surface area contributed by atoms with Gasteiger partial charge in [-0.05, 0) is 37.6 Å². The van der Waals surface area contributed by atoms with Crippen molar-refractivity contribution in [3.05, 3.63) is 0 Å². The quantitative estimate of drug-likeness (QED) is 0.700. The van der Waals surface area contributed by atoms with E-state index in [4.69, 9.17) is 5.11 Å². The Morgan fingerprint density at radius 2 is 1.95 bits per heavy atom. The van der Waals surface area contributed by atoms with Crippen molar-refractivity contribution >= 4 is 5.91 Å². The first-order valence-electron chi connectivity index (χ1n) is 8.38. The monoisotopic (exact) mass is 282 g/mol. The van der Waals surface area contributed by atoms with Crippen LogP contribution in [-0.4, -0.2) is 48.7 Å². The van der Waals surface area contributed by atoms with E-state index in [-0.39, 0.29) is 12.5 Å². The molecule has 1 aliphatic heterocycles. The van der Waals surface area contributed by atoms with E-state index in [9.17, 15) is 4.79 Å². The highest BCUT2D eigenvalue weighted by Crippen LogP contribution is 2.26. The molecule has 1 unspecified atom stereocenters. The highest BCUT2D eigenvalue weighted by molar-refractivity contribution is 5.78. The van der Waals surface area contributed by atoms with Crippen molar-refractivity contribution in [3.8, 4) is 0 Å². The third-order valence-corrected chi connectivity index (χ3v) is 4.83. The summed E-state index contributed by atoms with van der Waals surface area (Å²) in [6, 6.07) is 0. The van der Waals surface area contributed by atoms with Crippen LogP contribution < -0.4 is 5.32 Å². The SMILES string of the molecule is O=C(CN1CCC(CO)C1)NCCCC1CCCCC1. The molecule has 2 N–H and O–H groups in total. The van der Waals surface area contributed by atoms with Crippen molar-refractivity contribution in [2.75, 3.05) is 32.8 Å². The van der Waals surface area contributed by atoms with Crippen LogP contribution in [0.5, 0.6) is 0 Å². The zero-order valence-corrected chi connectivity index (χ0v) is 12.6. The van der Waals surface area contributed by atoms with Crippen LogP contribution in [0.4, 0.5) is 0 Å². The molecule has 1 saturated carbocycles. The number of carbonyl (C=O) groups excluding carboxylic acids is 1. The second kappa shape index (κ2) is 8.63. The van der Waals surface area contributed by atoms with Gasteiger partial charge in [-0.3, -0.25) is 9.69 Å². The van der Waals surface area contributed by atoms with Crippen LogP contribution in [0.15, 0.2) is 0 Å². The normalized spacial score (nSPS) is 24.9. The first-order chi connectivity index (χ1) is 9.78. The minimum Gasteiger partial charge on any atom is -0.396 e. The molecule has 1 heterocycles. The molecule has 1 amide bonds. The summed E-state index contributed by atoms with van der Waals surface area (Å²) in [5.74, 6) is 1.42. The lowest BCUT2D eigenvalue weighted by atomic mass is 9.86. The number of nitrogens with one attached hydrogen (secondary N) is 1. The summed E-state index contributed by atoms with van der Waals surface area (Å²) >= 11 is 0. The van der Waals surface area contributed by atoms with Crippen LogP contribution in [0.1, 0.15) is 51.4 Å². The number of carbonyl (C=O) groups is 1. The van der Waals surface area contributed by atoms with E-state index in [0.717, 1.165) is 38.4 Å². The maximum Gasteiger partial charge on any atom is 0.234 e. The third kappa shape index (κ3) is 5.41. The summed E-state index contributed by atoms with van der Waals surface area (Å²) in [6.07, 6.45) is 10.4. The van der Waals surface area contributed by atoms with Crippen LogP contribution in [0.2, 0.25) is 0 Å². The predicted octanol–water partition coefficient (Wildman–Crippen LogP) is 1.78. The molecule has 0 bridgehead atoms. The van der Waals surface area contributed by atoms with Crippen molar-refractivity contribution in [3.63, 3.8) is 0 Å². The van der Waals surface area contributed by atoms with Gasteiger partial charge in [-0.2, -0.15) is 0 Å². The topological polar surface area (TPSA) is 52.6 Å². The van der Waals surface area contributed by atoms with Gasteiger partial charge in [0, 0.05) is 19.7 Å². The number of likely N-dealkylation sites (tertiary alicyclic amines) is 1. The molecule has 116 valence electrons. The minimum absolute atomic E-state index is 0.146. The van der Waals surface area contributed by atoms with E-state index < -0.39 is 0 Å². The number of nitrogens with zero attached hydrogens (tertiary/aromatic N) is 1. The van der Waals surface area contributed by atoms with E-state index in [1.54, 1.807) is 0 Å². The number of hydrogen-bond acceptors (Lipinski definition) is 3. The van der Waals surface area contributed by atoms with E-state index in [1.807, 2.05) is 0 Å². The Morgan fingerprint density at radius 3 is 2.65 bits per heavy atom. The van der Waals surface area contributed by atoms with Gasteiger partial charge in [-0.1, -0.05) is 32.1 Å². The molecule has 2 rings (SSSR count). The molecule has 4 heteroatoms. The molecule has 1 aliphatic carbocycles. The Bertz CT molecular complexity index is 290. The largest absolute Gasteiger partial charge is 0.396 e. The molecule has 0 spiro atoms. The molecule has 20 heavy (non-hydrogen) atoms. The van der Waals surface area contributed by atoms with Gasteiger partial charge in [0.25, 0.3) is 0 Å². The van der Waals surface area contributed by atoms with Gasteiger partial charge in [0.05, 0.1) is 6.54 Å². The summed E-state index contributed by atoms with van der Waals surface area (Å²) in [5, 5.41) is 12.1. The number of rotatable bonds is 7.